The molecule has 0 radical (unpaired) electrons. The summed E-state index contributed by atoms with van der Waals surface area (Å²) in [5.74, 6) is 0.348. The molecule has 74 valence electrons. The number of carbonyl (C=O) groups excluding carboxylic acids is 1. The predicted octanol–water partition coefficient (Wildman–Crippen LogP) is 2.16. The van der Waals surface area contributed by atoms with Crippen molar-refractivity contribution in [2.75, 3.05) is 0 Å². The third-order valence-electron chi connectivity index (χ3n) is 3.05. The molecule has 2 unspecified atom stereocenters. The van der Waals surface area contributed by atoms with E-state index in [4.69, 9.17) is 0 Å². The van der Waals surface area contributed by atoms with E-state index in [1.165, 1.54) is 11.1 Å². The number of carbonyl (C=O) groups is 1. The third kappa shape index (κ3) is 1.18. The number of nitrogens with one attached hydrogen (secondary N) is 1. The minimum Gasteiger partial charge on any atom is -0.298 e. The van der Waals surface area contributed by atoms with Crippen LogP contribution in [0.3, 0.4) is 0 Å². The van der Waals surface area contributed by atoms with Crippen LogP contribution in [0.25, 0.3) is 0 Å². The van der Waals surface area contributed by atoms with Gasteiger partial charge in [0.15, 0.2) is 5.78 Å². The van der Waals surface area contributed by atoms with Gasteiger partial charge in [0.05, 0.1) is 6.04 Å². The van der Waals surface area contributed by atoms with Gasteiger partial charge in [0.2, 0.25) is 0 Å². The maximum absolute atomic E-state index is 11.6. The molecule has 2 heterocycles. The van der Waals surface area contributed by atoms with Crippen LogP contribution in [-0.4, -0.2) is 5.78 Å². The smallest absolute Gasteiger partial charge is 0.154 e. The van der Waals surface area contributed by atoms with E-state index in [-0.39, 0.29) is 18.4 Å². The molecule has 2 aliphatic rings. The molecule has 0 aromatic heterocycles. The molecule has 1 aromatic carbocycles. The van der Waals surface area contributed by atoms with E-state index in [1.807, 2.05) is 12.1 Å². The van der Waals surface area contributed by atoms with E-state index >= 15 is 0 Å². The lowest BCUT2D eigenvalue weighted by atomic mass is 10.0. The number of benzene rings is 1. The van der Waals surface area contributed by atoms with Gasteiger partial charge >= 0.3 is 0 Å². The van der Waals surface area contributed by atoms with Gasteiger partial charge in [0.25, 0.3) is 0 Å². The molecule has 1 fully saturated rings. The Morgan fingerprint density at radius 1 is 1.21 bits per heavy atom. The van der Waals surface area contributed by atoms with Crippen molar-refractivity contribution in [1.82, 2.24) is 5.32 Å². The highest BCUT2D eigenvalue weighted by Crippen LogP contribution is 2.40. The van der Waals surface area contributed by atoms with Gasteiger partial charge in [-0.05, 0) is 17.5 Å². The molecular formula is C11H12ClNO. The number of halogens is 1. The number of rotatable bonds is 0. The zero-order chi connectivity index (χ0) is 8.84. The maximum atomic E-state index is 11.6. The van der Waals surface area contributed by atoms with Crippen molar-refractivity contribution >= 4 is 18.2 Å². The molecule has 0 aliphatic carbocycles. The Morgan fingerprint density at radius 2 is 1.93 bits per heavy atom. The average Bonchev–Trinajstić information content (AvgIpc) is 2.48. The van der Waals surface area contributed by atoms with Gasteiger partial charge in [0.1, 0.15) is 0 Å². The van der Waals surface area contributed by atoms with Crippen molar-refractivity contribution in [3.8, 4) is 0 Å². The maximum Gasteiger partial charge on any atom is 0.154 e. The van der Waals surface area contributed by atoms with Gasteiger partial charge < -0.3 is 0 Å². The Hall–Kier alpha value is -0.860. The predicted molar refractivity (Wildman–Crippen MR) is 56.5 cm³/mol. The molecule has 2 atom stereocenters. The lowest BCUT2D eigenvalue weighted by Crippen LogP contribution is -2.30. The lowest BCUT2D eigenvalue weighted by Gasteiger charge is -2.19. The Kier molecular flexibility index (Phi) is 2.33. The van der Waals surface area contributed by atoms with Crippen molar-refractivity contribution in [2.45, 2.75) is 24.9 Å². The van der Waals surface area contributed by atoms with Crippen LogP contribution >= 0.6 is 12.4 Å². The van der Waals surface area contributed by atoms with Crippen LogP contribution in [0.5, 0.6) is 0 Å². The first-order chi connectivity index (χ1) is 6.36. The highest BCUT2D eigenvalue weighted by molar-refractivity contribution is 5.88. The number of ketones is 1. The summed E-state index contributed by atoms with van der Waals surface area (Å²) in [7, 11) is 0. The summed E-state index contributed by atoms with van der Waals surface area (Å²) < 4.78 is 0. The molecule has 2 nitrogen and oxygen atoms in total. The summed E-state index contributed by atoms with van der Waals surface area (Å²) in [6.07, 6.45) is 1.70. The second kappa shape index (κ2) is 3.37. The van der Waals surface area contributed by atoms with Gasteiger partial charge in [-0.2, -0.15) is 0 Å². The van der Waals surface area contributed by atoms with Crippen LogP contribution < -0.4 is 5.32 Å². The summed E-state index contributed by atoms with van der Waals surface area (Å²) in [6.45, 7) is 0. The summed E-state index contributed by atoms with van der Waals surface area (Å²) in [4.78, 5) is 11.6. The van der Waals surface area contributed by atoms with Gasteiger partial charge in [-0.25, -0.2) is 0 Å². The van der Waals surface area contributed by atoms with Crippen molar-refractivity contribution in [1.29, 1.82) is 0 Å². The Labute approximate surface area is 89.1 Å². The second-order valence-corrected chi connectivity index (χ2v) is 3.79. The van der Waals surface area contributed by atoms with Crippen LogP contribution in [0.2, 0.25) is 0 Å². The molecule has 2 aliphatic heterocycles. The first-order valence-electron chi connectivity index (χ1n) is 4.74. The molecule has 1 saturated heterocycles. The molecule has 1 aromatic rings. The molecule has 3 rings (SSSR count). The van der Waals surface area contributed by atoms with E-state index in [0.29, 0.717) is 11.8 Å². The minimum absolute atomic E-state index is 0. The van der Waals surface area contributed by atoms with E-state index < -0.39 is 0 Å². The van der Waals surface area contributed by atoms with Crippen LogP contribution in [0.1, 0.15) is 36.1 Å². The van der Waals surface area contributed by atoms with Crippen molar-refractivity contribution in [3.63, 3.8) is 0 Å². The fourth-order valence-corrected chi connectivity index (χ4v) is 2.41. The van der Waals surface area contributed by atoms with Crippen LogP contribution in [0.15, 0.2) is 24.3 Å². The fraction of sp³-hybridized carbons (Fsp3) is 0.364. The first-order valence-corrected chi connectivity index (χ1v) is 4.74. The van der Waals surface area contributed by atoms with E-state index in [9.17, 15) is 4.79 Å². The first kappa shape index (κ1) is 9.69. The molecule has 1 N–H and O–H groups in total. The Morgan fingerprint density at radius 3 is 2.71 bits per heavy atom. The Balaban J connectivity index is 0.000000750. The fourth-order valence-electron chi connectivity index (χ4n) is 2.41. The molecule has 0 saturated carbocycles. The molecule has 0 spiro atoms. The molecule has 14 heavy (non-hydrogen) atoms. The molecule has 2 bridgehead atoms. The zero-order valence-electron chi connectivity index (χ0n) is 7.69. The van der Waals surface area contributed by atoms with E-state index in [1.54, 1.807) is 0 Å². The van der Waals surface area contributed by atoms with Crippen LogP contribution in [-0.2, 0) is 4.79 Å². The zero-order valence-corrected chi connectivity index (χ0v) is 8.51. The second-order valence-electron chi connectivity index (χ2n) is 3.79. The van der Waals surface area contributed by atoms with Gasteiger partial charge in [-0.15, -0.1) is 12.4 Å². The third-order valence-corrected chi connectivity index (χ3v) is 3.05. The summed E-state index contributed by atoms with van der Waals surface area (Å²) >= 11 is 0. The topological polar surface area (TPSA) is 29.1 Å². The van der Waals surface area contributed by atoms with Crippen molar-refractivity contribution in [3.05, 3.63) is 35.4 Å². The number of hydrogen-bond donors (Lipinski definition) is 1. The summed E-state index contributed by atoms with van der Waals surface area (Å²) in [6, 6.07) is 8.68. The normalized spacial score (nSPS) is 28.1. The number of piperidine rings is 1. The quantitative estimate of drug-likeness (QED) is 0.710. The monoisotopic (exact) mass is 209 g/mol. The van der Waals surface area contributed by atoms with Crippen LogP contribution in [0, 0.1) is 0 Å². The van der Waals surface area contributed by atoms with E-state index in [0.717, 1.165) is 12.8 Å². The highest BCUT2D eigenvalue weighted by atomic mass is 35.5. The lowest BCUT2D eigenvalue weighted by molar-refractivity contribution is -0.122. The van der Waals surface area contributed by atoms with E-state index in [2.05, 4.69) is 17.4 Å². The van der Waals surface area contributed by atoms with Crippen LogP contribution in [0.4, 0.5) is 0 Å². The number of fused-ring (bicyclic) bond motifs is 5. The Bertz CT molecular complexity index is 377. The molecule has 3 heteroatoms. The summed E-state index contributed by atoms with van der Waals surface area (Å²) in [5.41, 5.74) is 2.54. The minimum atomic E-state index is -0.00468. The highest BCUT2D eigenvalue weighted by Gasteiger charge is 2.37. The largest absolute Gasteiger partial charge is 0.298 e. The van der Waals surface area contributed by atoms with Gasteiger partial charge in [-0.3, -0.25) is 10.1 Å². The van der Waals surface area contributed by atoms with Crippen molar-refractivity contribution in [2.24, 2.45) is 0 Å². The summed E-state index contributed by atoms with van der Waals surface area (Å²) in [5, 5.41) is 3.36. The SMILES string of the molecule is Cl.O=C1CCC2NC1c1ccccc12. The average molecular weight is 210 g/mol. The van der Waals surface area contributed by atoms with Gasteiger partial charge in [0, 0.05) is 12.5 Å². The standard InChI is InChI=1S/C11H11NO.ClH/c13-10-6-5-9-7-3-1-2-4-8(7)11(10)12-9;/h1-4,9,11-12H,5-6H2;1H. The molecule has 0 amide bonds. The number of Topliss-reactive ketones (excluding diaryl/α,β-unsaturated/α-hetero) is 1. The molecular weight excluding hydrogens is 198 g/mol. The van der Waals surface area contributed by atoms with Gasteiger partial charge in [-0.1, -0.05) is 24.3 Å². The van der Waals surface area contributed by atoms with Crippen molar-refractivity contribution < 1.29 is 4.79 Å². The number of hydrogen-bond acceptors (Lipinski definition) is 2.